The topological polar surface area (TPSA) is 39.1 Å². The lowest BCUT2D eigenvalue weighted by molar-refractivity contribution is 0.317. The van der Waals surface area contributed by atoms with Crippen molar-refractivity contribution in [2.75, 3.05) is 11.9 Å². The van der Waals surface area contributed by atoms with E-state index in [-0.39, 0.29) is 0 Å². The van der Waals surface area contributed by atoms with Crippen molar-refractivity contribution >= 4 is 5.69 Å². The van der Waals surface area contributed by atoms with E-state index in [0.29, 0.717) is 6.04 Å². The number of nitrogens with zero attached hydrogens (tertiary/aromatic N) is 2. The smallest absolute Gasteiger partial charge is 0.119 e. The normalized spacial score (nSPS) is 14.2. The third-order valence-electron chi connectivity index (χ3n) is 3.49. The molecule has 1 aliphatic rings. The molecule has 1 aromatic carbocycles. The molecule has 1 aliphatic carbocycles. The molecule has 4 nitrogen and oxygen atoms in total. The molecule has 0 aliphatic heterocycles. The van der Waals surface area contributed by atoms with Gasteiger partial charge in [-0.1, -0.05) is 6.92 Å². The van der Waals surface area contributed by atoms with Crippen molar-refractivity contribution in [3.8, 4) is 5.75 Å². The molecule has 3 rings (SSSR count). The molecular formula is C16H21N3O. The Bertz CT molecular complexity index is 543. The van der Waals surface area contributed by atoms with Crippen LogP contribution in [0.15, 0.2) is 36.8 Å². The molecule has 20 heavy (non-hydrogen) atoms. The van der Waals surface area contributed by atoms with Crippen LogP contribution in [0, 0.1) is 0 Å². The molecule has 0 radical (unpaired) electrons. The van der Waals surface area contributed by atoms with Gasteiger partial charge in [0.25, 0.3) is 0 Å². The minimum absolute atomic E-state index is 0.680. The monoisotopic (exact) mass is 271 g/mol. The first-order valence-corrected chi connectivity index (χ1v) is 7.34. The molecule has 1 saturated carbocycles. The molecule has 106 valence electrons. The second-order valence-corrected chi connectivity index (χ2v) is 5.25. The van der Waals surface area contributed by atoms with E-state index in [9.17, 15) is 0 Å². The first-order chi connectivity index (χ1) is 9.86. The molecule has 1 heterocycles. The number of rotatable bonds is 7. The van der Waals surface area contributed by atoms with Gasteiger partial charge in [-0.15, -0.1) is 0 Å². The van der Waals surface area contributed by atoms with E-state index in [4.69, 9.17) is 4.74 Å². The molecule has 4 heteroatoms. The van der Waals surface area contributed by atoms with Crippen LogP contribution >= 0.6 is 0 Å². The number of benzene rings is 1. The summed E-state index contributed by atoms with van der Waals surface area (Å²) in [6, 6.07) is 8.82. The minimum atomic E-state index is 0.680. The molecule has 1 aromatic heterocycles. The summed E-state index contributed by atoms with van der Waals surface area (Å²) in [6.07, 6.45) is 7.49. The Kier molecular flexibility index (Phi) is 3.90. The number of ether oxygens (including phenoxy) is 1. The molecule has 0 saturated heterocycles. The fourth-order valence-corrected chi connectivity index (χ4v) is 2.23. The van der Waals surface area contributed by atoms with Crippen LogP contribution in [-0.2, 0) is 6.54 Å². The van der Waals surface area contributed by atoms with Gasteiger partial charge in [0.1, 0.15) is 5.75 Å². The molecule has 0 bridgehead atoms. The van der Waals surface area contributed by atoms with Crippen LogP contribution in [0.3, 0.4) is 0 Å². The maximum atomic E-state index is 5.58. The number of nitrogens with one attached hydrogen (secondary N) is 1. The SMILES string of the molecule is CCCOc1ccc(NCc2cncn2C2CC2)cc1. The van der Waals surface area contributed by atoms with Crippen molar-refractivity contribution in [3.05, 3.63) is 42.5 Å². The molecular weight excluding hydrogens is 250 g/mol. The summed E-state index contributed by atoms with van der Waals surface area (Å²) in [6.45, 7) is 3.69. The molecule has 0 atom stereocenters. The molecule has 2 aromatic rings. The van der Waals surface area contributed by atoms with Crippen molar-refractivity contribution in [1.29, 1.82) is 0 Å². The highest BCUT2D eigenvalue weighted by atomic mass is 16.5. The van der Waals surface area contributed by atoms with Crippen LogP contribution in [-0.4, -0.2) is 16.2 Å². The summed E-state index contributed by atoms with van der Waals surface area (Å²) in [5, 5.41) is 3.44. The van der Waals surface area contributed by atoms with Crippen molar-refractivity contribution in [2.45, 2.75) is 38.8 Å². The molecule has 1 fully saturated rings. The second kappa shape index (κ2) is 5.99. The van der Waals surface area contributed by atoms with Crippen LogP contribution < -0.4 is 10.1 Å². The van der Waals surface area contributed by atoms with Gasteiger partial charge in [-0.25, -0.2) is 4.98 Å². The third kappa shape index (κ3) is 3.13. The largest absolute Gasteiger partial charge is 0.494 e. The maximum Gasteiger partial charge on any atom is 0.119 e. The van der Waals surface area contributed by atoms with Crippen molar-refractivity contribution in [1.82, 2.24) is 9.55 Å². The number of aromatic nitrogens is 2. The molecule has 0 unspecified atom stereocenters. The summed E-state index contributed by atoms with van der Waals surface area (Å²) in [5.41, 5.74) is 2.36. The van der Waals surface area contributed by atoms with Crippen molar-refractivity contribution in [3.63, 3.8) is 0 Å². The van der Waals surface area contributed by atoms with Crippen LogP contribution in [0.1, 0.15) is 37.9 Å². The first-order valence-electron chi connectivity index (χ1n) is 7.34. The van der Waals surface area contributed by atoms with E-state index in [2.05, 4.69) is 33.9 Å². The van der Waals surface area contributed by atoms with Crippen LogP contribution in [0.2, 0.25) is 0 Å². The minimum Gasteiger partial charge on any atom is -0.494 e. The standard InChI is InChI=1S/C16H21N3O/c1-2-9-20-16-7-3-13(4-8-16)18-11-15-10-17-12-19(15)14-5-6-14/h3-4,7-8,10,12,14,18H,2,5-6,9,11H2,1H3. The Morgan fingerprint density at radius 2 is 2.10 bits per heavy atom. The lowest BCUT2D eigenvalue weighted by Crippen LogP contribution is -2.05. The average molecular weight is 271 g/mol. The van der Waals surface area contributed by atoms with Gasteiger partial charge >= 0.3 is 0 Å². The fraction of sp³-hybridized carbons (Fsp3) is 0.438. The van der Waals surface area contributed by atoms with E-state index in [1.807, 2.05) is 24.7 Å². The molecule has 0 spiro atoms. The van der Waals surface area contributed by atoms with Gasteiger partial charge in [0.05, 0.1) is 25.2 Å². The second-order valence-electron chi connectivity index (χ2n) is 5.25. The van der Waals surface area contributed by atoms with Gasteiger partial charge in [0.2, 0.25) is 0 Å². The Morgan fingerprint density at radius 3 is 2.80 bits per heavy atom. The van der Waals surface area contributed by atoms with Gasteiger partial charge in [0.15, 0.2) is 0 Å². The number of hydrogen-bond acceptors (Lipinski definition) is 3. The molecule has 0 amide bonds. The summed E-state index contributed by atoms with van der Waals surface area (Å²) in [4.78, 5) is 4.25. The van der Waals surface area contributed by atoms with Gasteiger partial charge < -0.3 is 14.6 Å². The number of anilines is 1. The average Bonchev–Trinajstić information content (AvgIpc) is 3.23. The zero-order valence-electron chi connectivity index (χ0n) is 11.9. The zero-order chi connectivity index (χ0) is 13.8. The Labute approximate surface area is 119 Å². The fourth-order valence-electron chi connectivity index (χ4n) is 2.23. The zero-order valence-corrected chi connectivity index (χ0v) is 11.9. The highest BCUT2D eigenvalue weighted by Crippen LogP contribution is 2.35. The third-order valence-corrected chi connectivity index (χ3v) is 3.49. The van der Waals surface area contributed by atoms with Gasteiger partial charge in [-0.05, 0) is 43.5 Å². The van der Waals surface area contributed by atoms with Gasteiger partial charge in [0, 0.05) is 17.9 Å². The Balaban J connectivity index is 1.56. The van der Waals surface area contributed by atoms with E-state index >= 15 is 0 Å². The Hall–Kier alpha value is -1.97. The molecule has 1 N–H and O–H groups in total. The highest BCUT2D eigenvalue weighted by Gasteiger charge is 2.24. The summed E-state index contributed by atoms with van der Waals surface area (Å²) in [5.74, 6) is 0.931. The van der Waals surface area contributed by atoms with Crippen LogP contribution in [0.4, 0.5) is 5.69 Å². The van der Waals surface area contributed by atoms with Crippen molar-refractivity contribution < 1.29 is 4.74 Å². The predicted molar refractivity (Wildman–Crippen MR) is 80.1 cm³/mol. The quantitative estimate of drug-likeness (QED) is 0.836. The van der Waals surface area contributed by atoms with Crippen molar-refractivity contribution in [2.24, 2.45) is 0 Å². The van der Waals surface area contributed by atoms with E-state index in [0.717, 1.165) is 31.0 Å². The highest BCUT2D eigenvalue weighted by molar-refractivity contribution is 5.46. The predicted octanol–water partition coefficient (Wildman–Crippen LogP) is 3.62. The summed E-state index contributed by atoms with van der Waals surface area (Å²) >= 11 is 0. The Morgan fingerprint density at radius 1 is 1.30 bits per heavy atom. The van der Waals surface area contributed by atoms with Crippen LogP contribution in [0.25, 0.3) is 0 Å². The van der Waals surface area contributed by atoms with E-state index in [1.54, 1.807) is 0 Å². The number of imidazole rings is 1. The van der Waals surface area contributed by atoms with E-state index < -0.39 is 0 Å². The lowest BCUT2D eigenvalue weighted by Gasteiger charge is -2.10. The van der Waals surface area contributed by atoms with Gasteiger partial charge in [-0.2, -0.15) is 0 Å². The first kappa shape index (κ1) is 13.0. The summed E-state index contributed by atoms with van der Waals surface area (Å²) < 4.78 is 7.86. The summed E-state index contributed by atoms with van der Waals surface area (Å²) in [7, 11) is 0. The van der Waals surface area contributed by atoms with E-state index in [1.165, 1.54) is 18.5 Å². The number of hydrogen-bond donors (Lipinski definition) is 1. The maximum absolute atomic E-state index is 5.58. The lowest BCUT2D eigenvalue weighted by atomic mass is 10.3. The van der Waals surface area contributed by atoms with Crippen LogP contribution in [0.5, 0.6) is 5.75 Å². The van der Waals surface area contributed by atoms with Gasteiger partial charge in [-0.3, -0.25) is 0 Å².